The van der Waals surface area contributed by atoms with Crippen molar-refractivity contribution in [3.8, 4) is 0 Å². The molecule has 4 aliphatic rings. The van der Waals surface area contributed by atoms with E-state index in [4.69, 9.17) is 4.74 Å². The monoisotopic (exact) mass is 318 g/mol. The largest absolute Gasteiger partial charge is 0.469 e. The van der Waals surface area contributed by atoms with Gasteiger partial charge in [-0.1, -0.05) is 13.3 Å². The second-order valence-electron chi connectivity index (χ2n) is 8.98. The molecule has 0 aliphatic heterocycles. The lowest BCUT2D eigenvalue weighted by molar-refractivity contribution is -0.169. The van der Waals surface area contributed by atoms with Crippen molar-refractivity contribution in [3.05, 3.63) is 0 Å². The van der Waals surface area contributed by atoms with E-state index in [0.717, 1.165) is 44.4 Å². The third-order valence-corrected chi connectivity index (χ3v) is 8.42. The standard InChI is InChI=1S/C20H30O3/c1-19-10-7-14(21)12-13(19)5-6-15-16(19)8-11-20(18(22)23-2)9-3-4-17(15)20/h13,15-17H,3-12H2,1-2H3/t13?,15-,16+,17+,19+,20-/m1/s1. The van der Waals surface area contributed by atoms with Gasteiger partial charge in [-0.3, -0.25) is 9.59 Å². The zero-order valence-electron chi connectivity index (χ0n) is 14.6. The summed E-state index contributed by atoms with van der Waals surface area (Å²) in [6.45, 7) is 2.46. The van der Waals surface area contributed by atoms with Gasteiger partial charge in [0.15, 0.2) is 0 Å². The Morgan fingerprint density at radius 2 is 1.91 bits per heavy atom. The van der Waals surface area contributed by atoms with Crippen molar-refractivity contribution in [2.75, 3.05) is 7.11 Å². The Morgan fingerprint density at radius 3 is 2.70 bits per heavy atom. The fourth-order valence-corrected chi connectivity index (χ4v) is 7.26. The fourth-order valence-electron chi connectivity index (χ4n) is 7.26. The van der Waals surface area contributed by atoms with Crippen LogP contribution in [0.4, 0.5) is 0 Å². The smallest absolute Gasteiger partial charge is 0.312 e. The van der Waals surface area contributed by atoms with E-state index in [9.17, 15) is 9.59 Å². The molecule has 1 unspecified atom stereocenters. The number of rotatable bonds is 1. The number of Topliss-reactive ketones (excluding diaryl/α,β-unsaturated/α-hetero) is 1. The number of fused-ring (bicyclic) bond motifs is 5. The van der Waals surface area contributed by atoms with Gasteiger partial charge in [0.25, 0.3) is 0 Å². The highest BCUT2D eigenvalue weighted by molar-refractivity contribution is 5.80. The second-order valence-corrected chi connectivity index (χ2v) is 8.98. The highest BCUT2D eigenvalue weighted by Gasteiger charge is 2.61. The van der Waals surface area contributed by atoms with Gasteiger partial charge in [0.1, 0.15) is 5.78 Å². The van der Waals surface area contributed by atoms with Crippen LogP contribution in [-0.2, 0) is 14.3 Å². The molecule has 4 aliphatic carbocycles. The molecule has 0 N–H and O–H groups in total. The summed E-state index contributed by atoms with van der Waals surface area (Å²) >= 11 is 0. The van der Waals surface area contributed by atoms with E-state index in [1.54, 1.807) is 7.11 Å². The minimum Gasteiger partial charge on any atom is -0.469 e. The van der Waals surface area contributed by atoms with E-state index in [1.165, 1.54) is 25.7 Å². The van der Waals surface area contributed by atoms with Gasteiger partial charge in [-0.15, -0.1) is 0 Å². The van der Waals surface area contributed by atoms with Gasteiger partial charge < -0.3 is 4.74 Å². The first kappa shape index (κ1) is 15.7. The molecule has 0 aromatic rings. The Morgan fingerprint density at radius 1 is 1.09 bits per heavy atom. The third-order valence-electron chi connectivity index (χ3n) is 8.42. The first-order valence-corrected chi connectivity index (χ1v) is 9.61. The number of methoxy groups -OCH3 is 1. The summed E-state index contributed by atoms with van der Waals surface area (Å²) in [6.07, 6.45) is 10.7. The average molecular weight is 318 g/mol. The van der Waals surface area contributed by atoms with Gasteiger partial charge >= 0.3 is 5.97 Å². The van der Waals surface area contributed by atoms with Crippen LogP contribution in [0, 0.1) is 34.5 Å². The summed E-state index contributed by atoms with van der Waals surface area (Å²) in [5, 5.41) is 0. The van der Waals surface area contributed by atoms with Crippen LogP contribution in [0.25, 0.3) is 0 Å². The predicted octanol–water partition coefficient (Wildman–Crippen LogP) is 4.14. The lowest BCUT2D eigenvalue weighted by atomic mass is 9.45. The average Bonchev–Trinajstić information content (AvgIpc) is 3.00. The molecule has 0 amide bonds. The van der Waals surface area contributed by atoms with E-state index in [0.29, 0.717) is 29.0 Å². The summed E-state index contributed by atoms with van der Waals surface area (Å²) in [5.41, 5.74) is 0.158. The van der Waals surface area contributed by atoms with Crippen LogP contribution < -0.4 is 0 Å². The summed E-state index contributed by atoms with van der Waals surface area (Å²) in [5.74, 6) is 3.06. The molecule has 0 heterocycles. The second kappa shape index (κ2) is 5.32. The molecule has 3 heteroatoms. The number of ether oxygens (including phenoxy) is 1. The van der Waals surface area contributed by atoms with Gasteiger partial charge in [-0.05, 0) is 74.0 Å². The molecule has 4 rings (SSSR count). The molecule has 0 aromatic heterocycles. The number of ketones is 1. The quantitative estimate of drug-likeness (QED) is 0.682. The van der Waals surface area contributed by atoms with Crippen LogP contribution in [-0.4, -0.2) is 18.9 Å². The maximum absolute atomic E-state index is 12.6. The third kappa shape index (κ3) is 2.07. The summed E-state index contributed by atoms with van der Waals surface area (Å²) in [6, 6.07) is 0. The maximum Gasteiger partial charge on any atom is 0.312 e. The summed E-state index contributed by atoms with van der Waals surface area (Å²) < 4.78 is 5.24. The van der Waals surface area contributed by atoms with Crippen LogP contribution in [0.2, 0.25) is 0 Å². The van der Waals surface area contributed by atoms with Crippen molar-refractivity contribution in [2.45, 2.75) is 71.1 Å². The van der Waals surface area contributed by atoms with Crippen molar-refractivity contribution < 1.29 is 14.3 Å². The van der Waals surface area contributed by atoms with E-state index in [-0.39, 0.29) is 11.4 Å². The fraction of sp³-hybridized carbons (Fsp3) is 0.900. The van der Waals surface area contributed by atoms with E-state index in [2.05, 4.69) is 6.92 Å². The Balaban J connectivity index is 1.64. The van der Waals surface area contributed by atoms with Crippen molar-refractivity contribution in [1.29, 1.82) is 0 Å². The van der Waals surface area contributed by atoms with Crippen LogP contribution in [0.1, 0.15) is 71.1 Å². The topological polar surface area (TPSA) is 43.4 Å². The predicted molar refractivity (Wildman–Crippen MR) is 87.7 cm³/mol. The minimum atomic E-state index is -0.177. The van der Waals surface area contributed by atoms with Gasteiger partial charge in [0.2, 0.25) is 0 Å². The van der Waals surface area contributed by atoms with Gasteiger partial charge in [0, 0.05) is 12.8 Å². The Kier molecular flexibility index (Phi) is 3.62. The van der Waals surface area contributed by atoms with E-state index < -0.39 is 0 Å². The van der Waals surface area contributed by atoms with Crippen LogP contribution in [0.3, 0.4) is 0 Å². The lowest BCUT2D eigenvalue weighted by Crippen LogP contribution is -2.55. The van der Waals surface area contributed by atoms with Gasteiger partial charge in [-0.2, -0.15) is 0 Å². The molecular formula is C20H30O3. The SMILES string of the molecule is COC(=O)[C@@]12CCC[C@H]1[C@@H]1CCC3CC(=O)CC[C@]3(C)[C@H]1CC2. The maximum atomic E-state index is 12.6. The number of carbonyl (C=O) groups is 2. The van der Waals surface area contributed by atoms with Gasteiger partial charge in [0.05, 0.1) is 12.5 Å². The number of hydrogen-bond donors (Lipinski definition) is 0. The number of carbonyl (C=O) groups excluding carboxylic acids is 2. The van der Waals surface area contributed by atoms with E-state index in [1.807, 2.05) is 0 Å². The van der Waals surface area contributed by atoms with Crippen molar-refractivity contribution in [1.82, 2.24) is 0 Å². The zero-order chi connectivity index (χ0) is 16.2. The Labute approximate surface area is 139 Å². The molecule has 3 nitrogen and oxygen atoms in total. The first-order valence-electron chi connectivity index (χ1n) is 9.61. The highest BCUT2D eigenvalue weighted by Crippen LogP contribution is 2.66. The van der Waals surface area contributed by atoms with E-state index >= 15 is 0 Å². The Hall–Kier alpha value is -0.860. The van der Waals surface area contributed by atoms with Crippen LogP contribution in [0.15, 0.2) is 0 Å². The molecule has 4 saturated carbocycles. The van der Waals surface area contributed by atoms with Crippen LogP contribution in [0.5, 0.6) is 0 Å². The molecule has 0 radical (unpaired) electrons. The number of hydrogen-bond acceptors (Lipinski definition) is 3. The minimum absolute atomic E-state index is 0.0598. The van der Waals surface area contributed by atoms with Crippen LogP contribution >= 0.6 is 0 Å². The van der Waals surface area contributed by atoms with Crippen molar-refractivity contribution in [3.63, 3.8) is 0 Å². The molecule has 0 saturated heterocycles. The molecule has 6 atom stereocenters. The Bertz CT molecular complexity index is 527. The molecule has 0 bridgehead atoms. The molecule has 4 fully saturated rings. The molecule has 0 aromatic carbocycles. The highest BCUT2D eigenvalue weighted by atomic mass is 16.5. The van der Waals surface area contributed by atoms with Crippen molar-refractivity contribution >= 4 is 11.8 Å². The zero-order valence-corrected chi connectivity index (χ0v) is 14.6. The number of esters is 1. The lowest BCUT2D eigenvalue weighted by Gasteiger charge is -2.59. The summed E-state index contributed by atoms with van der Waals surface area (Å²) in [7, 11) is 1.56. The van der Waals surface area contributed by atoms with Crippen molar-refractivity contribution in [2.24, 2.45) is 34.5 Å². The molecule has 128 valence electrons. The molecule has 23 heavy (non-hydrogen) atoms. The first-order chi connectivity index (χ1) is 11.0. The molecule has 0 spiro atoms. The van der Waals surface area contributed by atoms with Gasteiger partial charge in [-0.25, -0.2) is 0 Å². The molecular weight excluding hydrogens is 288 g/mol. The summed E-state index contributed by atoms with van der Waals surface area (Å²) in [4.78, 5) is 24.5. The normalized spacial score (nSPS) is 49.0.